The fourth-order valence-corrected chi connectivity index (χ4v) is 0.926. The second kappa shape index (κ2) is 3.60. The number of nitrogens with two attached hydrogens (primary N) is 2. The smallest absolute Gasteiger partial charge is 0.128 e. The largest absolute Gasteiger partial charge is 0.329 e. The van der Waals surface area contributed by atoms with Gasteiger partial charge in [0, 0.05) is 18.2 Å². The molecule has 0 bridgehead atoms. The second-order valence-corrected chi connectivity index (χ2v) is 2.51. The van der Waals surface area contributed by atoms with Crippen LogP contribution in [0.5, 0.6) is 0 Å². The second-order valence-electron chi connectivity index (χ2n) is 2.51. The summed E-state index contributed by atoms with van der Waals surface area (Å²) in [5.74, 6) is -1.02. The minimum Gasteiger partial charge on any atom is -0.329 e. The van der Waals surface area contributed by atoms with Crippen LogP contribution in [0.25, 0.3) is 0 Å². The standard InChI is InChI=1S/C8H10F2N2/c9-5-1-2-7(10)6(3-5)8(12)4-11/h1-3,8H,4,11-12H2. The molecule has 4 N–H and O–H groups in total. The van der Waals surface area contributed by atoms with E-state index in [0.29, 0.717) is 0 Å². The molecule has 0 spiro atoms. The molecule has 66 valence electrons. The zero-order chi connectivity index (χ0) is 9.14. The summed E-state index contributed by atoms with van der Waals surface area (Å²) in [6.07, 6.45) is 0. The number of hydrogen-bond acceptors (Lipinski definition) is 2. The monoisotopic (exact) mass is 172 g/mol. The first-order valence-corrected chi connectivity index (χ1v) is 3.55. The van der Waals surface area contributed by atoms with Gasteiger partial charge in [-0.3, -0.25) is 0 Å². The zero-order valence-electron chi connectivity index (χ0n) is 6.43. The maximum Gasteiger partial charge on any atom is 0.128 e. The maximum absolute atomic E-state index is 12.9. The van der Waals surface area contributed by atoms with E-state index in [1.54, 1.807) is 0 Å². The van der Waals surface area contributed by atoms with Gasteiger partial charge in [-0.15, -0.1) is 0 Å². The Hall–Kier alpha value is -1.00. The molecule has 1 rings (SSSR count). The minimum atomic E-state index is -0.638. The van der Waals surface area contributed by atoms with Crippen molar-refractivity contribution in [1.29, 1.82) is 0 Å². The van der Waals surface area contributed by atoms with E-state index in [1.807, 2.05) is 0 Å². The van der Waals surface area contributed by atoms with Crippen LogP contribution in [-0.2, 0) is 0 Å². The van der Waals surface area contributed by atoms with E-state index in [1.165, 1.54) is 0 Å². The minimum absolute atomic E-state index is 0.0976. The maximum atomic E-state index is 12.9. The lowest BCUT2D eigenvalue weighted by atomic mass is 10.1. The number of benzene rings is 1. The Morgan fingerprint density at radius 3 is 2.58 bits per heavy atom. The molecule has 0 aliphatic rings. The first-order chi connectivity index (χ1) is 5.65. The molecule has 2 nitrogen and oxygen atoms in total. The predicted octanol–water partition coefficient (Wildman–Crippen LogP) is 0.923. The summed E-state index contributed by atoms with van der Waals surface area (Å²) in [6, 6.07) is 2.51. The van der Waals surface area contributed by atoms with Gasteiger partial charge in [0.2, 0.25) is 0 Å². The van der Waals surface area contributed by atoms with Crippen molar-refractivity contribution in [2.45, 2.75) is 6.04 Å². The van der Waals surface area contributed by atoms with E-state index in [0.717, 1.165) is 18.2 Å². The van der Waals surface area contributed by atoms with Gasteiger partial charge in [-0.05, 0) is 18.2 Å². The Balaban J connectivity index is 3.04. The molecule has 4 heteroatoms. The van der Waals surface area contributed by atoms with Crippen molar-refractivity contribution < 1.29 is 8.78 Å². The predicted molar refractivity (Wildman–Crippen MR) is 42.3 cm³/mol. The van der Waals surface area contributed by atoms with Crippen LogP contribution in [0, 0.1) is 11.6 Å². The van der Waals surface area contributed by atoms with Gasteiger partial charge in [0.05, 0.1) is 0 Å². The van der Waals surface area contributed by atoms with Crippen molar-refractivity contribution in [1.82, 2.24) is 0 Å². The summed E-state index contributed by atoms with van der Waals surface area (Å²) in [7, 11) is 0. The van der Waals surface area contributed by atoms with Gasteiger partial charge in [-0.1, -0.05) is 0 Å². The van der Waals surface area contributed by atoms with E-state index >= 15 is 0 Å². The average molecular weight is 172 g/mol. The quantitative estimate of drug-likeness (QED) is 0.697. The molecule has 0 radical (unpaired) electrons. The molecule has 0 fully saturated rings. The number of halogens is 2. The summed E-state index contributed by atoms with van der Waals surface area (Å²) in [6.45, 7) is 0.0976. The molecule has 1 unspecified atom stereocenters. The molecule has 1 aromatic rings. The molecule has 0 saturated heterocycles. The summed E-state index contributed by atoms with van der Waals surface area (Å²) in [5.41, 5.74) is 10.8. The highest BCUT2D eigenvalue weighted by Crippen LogP contribution is 2.15. The molecular weight excluding hydrogens is 162 g/mol. The lowest BCUT2D eigenvalue weighted by Gasteiger charge is -2.09. The van der Waals surface area contributed by atoms with Gasteiger partial charge in [-0.25, -0.2) is 8.78 Å². The van der Waals surface area contributed by atoms with Crippen molar-refractivity contribution in [2.75, 3.05) is 6.54 Å². The van der Waals surface area contributed by atoms with Crippen LogP contribution in [0.4, 0.5) is 8.78 Å². The van der Waals surface area contributed by atoms with Gasteiger partial charge in [-0.2, -0.15) is 0 Å². The Kier molecular flexibility index (Phi) is 2.73. The molecule has 0 aliphatic carbocycles. The molecule has 1 aromatic carbocycles. The van der Waals surface area contributed by atoms with E-state index in [9.17, 15) is 8.78 Å². The SMILES string of the molecule is NCC(N)c1cc(F)ccc1F. The van der Waals surface area contributed by atoms with Crippen LogP contribution in [0.2, 0.25) is 0 Å². The van der Waals surface area contributed by atoms with Crippen molar-refractivity contribution in [3.63, 3.8) is 0 Å². The zero-order valence-corrected chi connectivity index (χ0v) is 6.43. The molecular formula is C8H10F2N2. The van der Waals surface area contributed by atoms with Crippen molar-refractivity contribution in [2.24, 2.45) is 11.5 Å². The van der Waals surface area contributed by atoms with Crippen LogP contribution in [-0.4, -0.2) is 6.54 Å². The van der Waals surface area contributed by atoms with Crippen LogP contribution in [0.15, 0.2) is 18.2 Å². The van der Waals surface area contributed by atoms with Gasteiger partial charge < -0.3 is 11.5 Å². The van der Waals surface area contributed by atoms with Gasteiger partial charge in [0.15, 0.2) is 0 Å². The molecule has 0 aliphatic heterocycles. The van der Waals surface area contributed by atoms with Crippen LogP contribution < -0.4 is 11.5 Å². The fraction of sp³-hybridized carbons (Fsp3) is 0.250. The Labute approximate surface area is 69.2 Å². The lowest BCUT2D eigenvalue weighted by molar-refractivity contribution is 0.564. The Morgan fingerprint density at radius 2 is 2.00 bits per heavy atom. The molecule has 1 atom stereocenters. The van der Waals surface area contributed by atoms with E-state index in [-0.39, 0.29) is 12.1 Å². The lowest BCUT2D eigenvalue weighted by Crippen LogP contribution is -2.21. The number of hydrogen-bond donors (Lipinski definition) is 2. The van der Waals surface area contributed by atoms with Crippen molar-refractivity contribution >= 4 is 0 Å². The van der Waals surface area contributed by atoms with Crippen LogP contribution in [0.3, 0.4) is 0 Å². The topological polar surface area (TPSA) is 52.0 Å². The van der Waals surface area contributed by atoms with Gasteiger partial charge in [0.1, 0.15) is 11.6 Å². The third-order valence-electron chi connectivity index (χ3n) is 1.61. The van der Waals surface area contributed by atoms with E-state index in [2.05, 4.69) is 0 Å². The molecule has 12 heavy (non-hydrogen) atoms. The Bertz CT molecular complexity index is 276. The van der Waals surface area contributed by atoms with E-state index < -0.39 is 17.7 Å². The first kappa shape index (κ1) is 9.09. The number of rotatable bonds is 2. The van der Waals surface area contributed by atoms with Crippen LogP contribution in [0.1, 0.15) is 11.6 Å². The van der Waals surface area contributed by atoms with E-state index in [4.69, 9.17) is 11.5 Å². The highest BCUT2D eigenvalue weighted by molar-refractivity contribution is 5.22. The molecule has 0 amide bonds. The fourth-order valence-electron chi connectivity index (χ4n) is 0.926. The van der Waals surface area contributed by atoms with Gasteiger partial charge in [0.25, 0.3) is 0 Å². The summed E-state index contributed by atoms with van der Waals surface area (Å²) in [5, 5.41) is 0. The van der Waals surface area contributed by atoms with Gasteiger partial charge >= 0.3 is 0 Å². The average Bonchev–Trinajstić information content (AvgIpc) is 2.08. The highest BCUT2D eigenvalue weighted by Gasteiger charge is 2.09. The molecule has 0 aromatic heterocycles. The molecule has 0 heterocycles. The highest BCUT2D eigenvalue weighted by atomic mass is 19.1. The third-order valence-corrected chi connectivity index (χ3v) is 1.61. The van der Waals surface area contributed by atoms with Crippen molar-refractivity contribution in [3.05, 3.63) is 35.4 Å². The van der Waals surface area contributed by atoms with Crippen molar-refractivity contribution in [3.8, 4) is 0 Å². The Morgan fingerprint density at radius 1 is 1.33 bits per heavy atom. The summed E-state index contributed by atoms with van der Waals surface area (Å²) < 4.78 is 25.5. The third kappa shape index (κ3) is 1.78. The summed E-state index contributed by atoms with van der Waals surface area (Å²) >= 11 is 0. The first-order valence-electron chi connectivity index (χ1n) is 3.55. The summed E-state index contributed by atoms with van der Waals surface area (Å²) in [4.78, 5) is 0. The normalized spacial score (nSPS) is 13.0. The molecule has 0 saturated carbocycles. The van der Waals surface area contributed by atoms with Crippen LogP contribution >= 0.6 is 0 Å².